The van der Waals surface area contributed by atoms with Crippen LogP contribution in [0.2, 0.25) is 0 Å². The molecule has 0 aliphatic carbocycles. The molecule has 0 aliphatic rings. The van der Waals surface area contributed by atoms with E-state index in [1.54, 1.807) is 35.1 Å². The number of nitrogens with one attached hydrogen (secondary N) is 1. The maximum Gasteiger partial charge on any atom is 0.278 e. The Morgan fingerprint density at radius 1 is 1.27 bits per heavy atom. The quantitative estimate of drug-likeness (QED) is 0.681. The third-order valence-electron chi connectivity index (χ3n) is 3.50. The Balaban J connectivity index is 1.73. The SMILES string of the molecule is CS(=O)(=O)c1cccc(Cn2cc(NC(=O)c3nccnc3N)cn2)c1. The van der Waals surface area contributed by atoms with Crippen LogP contribution in [0.1, 0.15) is 16.1 Å². The number of nitrogen functional groups attached to an aromatic ring is 1. The molecule has 3 aromatic rings. The Bertz CT molecular complexity index is 1060. The van der Waals surface area contributed by atoms with E-state index in [-0.39, 0.29) is 16.4 Å². The summed E-state index contributed by atoms with van der Waals surface area (Å²) < 4.78 is 24.8. The molecule has 9 nitrogen and oxygen atoms in total. The summed E-state index contributed by atoms with van der Waals surface area (Å²) >= 11 is 0. The molecule has 26 heavy (non-hydrogen) atoms. The molecule has 2 heterocycles. The molecule has 0 spiro atoms. The lowest BCUT2D eigenvalue weighted by Gasteiger charge is -2.05. The largest absolute Gasteiger partial charge is 0.382 e. The fraction of sp³-hybridized carbons (Fsp3) is 0.125. The highest BCUT2D eigenvalue weighted by Crippen LogP contribution is 2.14. The average molecular weight is 372 g/mol. The number of hydrogen-bond acceptors (Lipinski definition) is 7. The average Bonchev–Trinajstić information content (AvgIpc) is 3.01. The topological polar surface area (TPSA) is 133 Å². The third-order valence-corrected chi connectivity index (χ3v) is 4.61. The molecule has 3 N–H and O–H groups in total. The zero-order valence-corrected chi connectivity index (χ0v) is 14.6. The van der Waals surface area contributed by atoms with Gasteiger partial charge >= 0.3 is 0 Å². The Hall–Kier alpha value is -3.27. The Labute approximate surface area is 149 Å². The molecule has 10 heteroatoms. The summed E-state index contributed by atoms with van der Waals surface area (Å²) in [6.45, 7) is 0.354. The van der Waals surface area contributed by atoms with Gasteiger partial charge in [-0.25, -0.2) is 18.4 Å². The van der Waals surface area contributed by atoms with Crippen molar-refractivity contribution in [3.63, 3.8) is 0 Å². The van der Waals surface area contributed by atoms with Crippen molar-refractivity contribution in [1.29, 1.82) is 0 Å². The van der Waals surface area contributed by atoms with Crippen molar-refractivity contribution in [3.05, 3.63) is 60.3 Å². The zero-order chi connectivity index (χ0) is 18.7. The Kier molecular flexibility index (Phi) is 4.67. The highest BCUT2D eigenvalue weighted by Gasteiger charge is 2.13. The number of aromatic nitrogens is 4. The van der Waals surface area contributed by atoms with Crippen LogP contribution in [0.15, 0.2) is 53.9 Å². The second-order valence-electron chi connectivity index (χ2n) is 5.59. The van der Waals surface area contributed by atoms with E-state index < -0.39 is 15.7 Å². The molecular formula is C16H16N6O3S. The van der Waals surface area contributed by atoms with Gasteiger partial charge < -0.3 is 11.1 Å². The second-order valence-corrected chi connectivity index (χ2v) is 7.61. The molecule has 1 amide bonds. The maximum absolute atomic E-state index is 12.2. The molecule has 3 rings (SSSR count). The lowest BCUT2D eigenvalue weighted by Crippen LogP contribution is -2.16. The van der Waals surface area contributed by atoms with Crippen LogP contribution in [0.25, 0.3) is 0 Å². The fourth-order valence-corrected chi connectivity index (χ4v) is 2.98. The minimum Gasteiger partial charge on any atom is -0.382 e. The van der Waals surface area contributed by atoms with Gasteiger partial charge in [-0.2, -0.15) is 5.10 Å². The number of carbonyl (C=O) groups excluding carboxylic acids is 1. The van der Waals surface area contributed by atoms with Gasteiger partial charge in [-0.05, 0) is 17.7 Å². The van der Waals surface area contributed by atoms with E-state index in [0.29, 0.717) is 12.2 Å². The van der Waals surface area contributed by atoms with Crippen LogP contribution >= 0.6 is 0 Å². The van der Waals surface area contributed by atoms with Gasteiger partial charge in [-0.1, -0.05) is 12.1 Å². The van der Waals surface area contributed by atoms with E-state index >= 15 is 0 Å². The first-order valence-corrected chi connectivity index (χ1v) is 9.41. The van der Waals surface area contributed by atoms with Crippen molar-refractivity contribution in [2.45, 2.75) is 11.4 Å². The normalized spacial score (nSPS) is 11.3. The van der Waals surface area contributed by atoms with Crippen LogP contribution in [0.4, 0.5) is 11.5 Å². The molecular weight excluding hydrogens is 356 g/mol. The van der Waals surface area contributed by atoms with Crippen molar-refractivity contribution in [1.82, 2.24) is 19.7 Å². The number of sulfone groups is 1. The standard InChI is InChI=1S/C16H16N6O3S/c1-26(24,25)13-4-2-3-11(7-13)9-22-10-12(8-20-22)21-16(23)14-15(17)19-6-5-18-14/h2-8,10H,9H2,1H3,(H2,17,19)(H,21,23). The Morgan fingerprint density at radius 3 is 2.77 bits per heavy atom. The molecule has 0 radical (unpaired) electrons. The van der Waals surface area contributed by atoms with Crippen LogP contribution in [0.3, 0.4) is 0 Å². The summed E-state index contributed by atoms with van der Waals surface area (Å²) in [5, 5.41) is 6.80. The van der Waals surface area contributed by atoms with Crippen LogP contribution in [-0.4, -0.2) is 40.3 Å². The number of amides is 1. The molecule has 0 unspecified atom stereocenters. The summed E-state index contributed by atoms with van der Waals surface area (Å²) in [6.07, 6.45) is 7.03. The summed E-state index contributed by atoms with van der Waals surface area (Å²) in [4.78, 5) is 20.1. The van der Waals surface area contributed by atoms with Gasteiger partial charge in [0.05, 0.1) is 23.3 Å². The molecule has 0 bridgehead atoms. The first-order valence-electron chi connectivity index (χ1n) is 7.52. The van der Waals surface area contributed by atoms with Crippen molar-refractivity contribution in [2.75, 3.05) is 17.3 Å². The van der Waals surface area contributed by atoms with E-state index in [4.69, 9.17) is 5.73 Å². The van der Waals surface area contributed by atoms with Gasteiger partial charge in [0.2, 0.25) is 0 Å². The number of benzene rings is 1. The molecule has 0 atom stereocenters. The summed E-state index contributed by atoms with van der Waals surface area (Å²) in [7, 11) is -3.27. The summed E-state index contributed by atoms with van der Waals surface area (Å²) in [6, 6.07) is 6.61. The monoisotopic (exact) mass is 372 g/mol. The minimum atomic E-state index is -3.27. The predicted octanol–water partition coefficient (Wildman–Crippen LogP) is 0.959. The molecule has 0 aliphatic heterocycles. The van der Waals surface area contributed by atoms with Gasteiger partial charge in [0.25, 0.3) is 5.91 Å². The summed E-state index contributed by atoms with van der Waals surface area (Å²) in [5.41, 5.74) is 6.88. The number of hydrogen-bond donors (Lipinski definition) is 2. The van der Waals surface area contributed by atoms with Crippen LogP contribution in [0.5, 0.6) is 0 Å². The van der Waals surface area contributed by atoms with Gasteiger partial charge in [-0.3, -0.25) is 9.48 Å². The van der Waals surface area contributed by atoms with Gasteiger partial charge in [0, 0.05) is 24.8 Å². The number of nitrogens with zero attached hydrogens (tertiary/aromatic N) is 4. The predicted molar refractivity (Wildman–Crippen MR) is 95.3 cm³/mol. The van der Waals surface area contributed by atoms with Gasteiger partial charge in [0.1, 0.15) is 0 Å². The molecule has 2 aromatic heterocycles. The number of carbonyl (C=O) groups is 1. The number of rotatable bonds is 5. The molecule has 1 aromatic carbocycles. The van der Waals surface area contributed by atoms with Crippen molar-refractivity contribution < 1.29 is 13.2 Å². The van der Waals surface area contributed by atoms with Gasteiger partial charge in [0.15, 0.2) is 21.3 Å². The zero-order valence-electron chi connectivity index (χ0n) is 13.8. The lowest BCUT2D eigenvalue weighted by molar-refractivity contribution is 0.102. The van der Waals surface area contributed by atoms with Crippen molar-refractivity contribution in [2.24, 2.45) is 0 Å². The van der Waals surface area contributed by atoms with Crippen molar-refractivity contribution >= 4 is 27.2 Å². The molecule has 134 valence electrons. The maximum atomic E-state index is 12.2. The Morgan fingerprint density at radius 2 is 2.04 bits per heavy atom. The minimum absolute atomic E-state index is 0.0288. The first kappa shape index (κ1) is 17.5. The van der Waals surface area contributed by atoms with Crippen LogP contribution in [-0.2, 0) is 16.4 Å². The summed E-state index contributed by atoms with van der Waals surface area (Å²) in [5.74, 6) is -0.454. The van der Waals surface area contributed by atoms with Gasteiger partial charge in [-0.15, -0.1) is 0 Å². The van der Waals surface area contributed by atoms with Crippen LogP contribution < -0.4 is 11.1 Å². The second kappa shape index (κ2) is 6.92. The van der Waals surface area contributed by atoms with E-state index in [1.807, 2.05) is 0 Å². The molecule has 0 saturated carbocycles. The fourth-order valence-electron chi connectivity index (χ4n) is 2.29. The highest BCUT2D eigenvalue weighted by molar-refractivity contribution is 7.90. The lowest BCUT2D eigenvalue weighted by atomic mass is 10.2. The highest BCUT2D eigenvalue weighted by atomic mass is 32.2. The number of nitrogens with two attached hydrogens (primary N) is 1. The van der Waals surface area contributed by atoms with Crippen molar-refractivity contribution in [3.8, 4) is 0 Å². The van der Waals surface area contributed by atoms with E-state index in [9.17, 15) is 13.2 Å². The molecule has 0 fully saturated rings. The third kappa shape index (κ3) is 4.03. The van der Waals surface area contributed by atoms with E-state index in [1.165, 1.54) is 18.6 Å². The number of anilines is 2. The van der Waals surface area contributed by atoms with Crippen LogP contribution in [0, 0.1) is 0 Å². The van der Waals surface area contributed by atoms with E-state index in [0.717, 1.165) is 11.8 Å². The smallest absolute Gasteiger partial charge is 0.278 e. The van der Waals surface area contributed by atoms with E-state index in [2.05, 4.69) is 20.4 Å². The molecule has 0 saturated heterocycles. The first-order chi connectivity index (χ1) is 12.3.